The first-order valence-corrected chi connectivity index (χ1v) is 10.1. The molecule has 0 saturated heterocycles. The quantitative estimate of drug-likeness (QED) is 0.528. The number of rotatable bonds is 6. The third kappa shape index (κ3) is 5.30. The first-order chi connectivity index (χ1) is 13.9. The number of amides is 2. The minimum atomic E-state index is -0.455. The fraction of sp³-hybridized carbons (Fsp3) is 0.158. The number of hydrogen-bond acceptors (Lipinski definition) is 6. The van der Waals surface area contributed by atoms with Crippen molar-refractivity contribution < 1.29 is 9.59 Å². The standard InChI is InChI=1S/C19H17Cl2N5O2S/c1-10(27)24-19-23-7-6-14(26-19)16-4-5-17(29-16)18(28)25-15(9-22)12-3-2-11(20)8-13(12)21/h2-8,15H,9,22H2,1H3,(H,25,28)(H,23,24,26,27)/t15-/m1/s1. The van der Waals surface area contributed by atoms with Gasteiger partial charge < -0.3 is 11.1 Å². The van der Waals surface area contributed by atoms with Crippen molar-refractivity contribution in [2.75, 3.05) is 11.9 Å². The van der Waals surface area contributed by atoms with Gasteiger partial charge in [0.2, 0.25) is 11.9 Å². The third-order valence-electron chi connectivity index (χ3n) is 3.90. The first-order valence-electron chi connectivity index (χ1n) is 8.54. The average molecular weight is 450 g/mol. The molecule has 4 N–H and O–H groups in total. The van der Waals surface area contributed by atoms with Gasteiger partial charge in [0.05, 0.1) is 21.5 Å². The molecule has 0 bridgehead atoms. The summed E-state index contributed by atoms with van der Waals surface area (Å²) < 4.78 is 0. The summed E-state index contributed by atoms with van der Waals surface area (Å²) in [6, 6.07) is 9.78. The molecular formula is C19H17Cl2N5O2S. The molecule has 0 aliphatic heterocycles. The monoisotopic (exact) mass is 449 g/mol. The second-order valence-corrected chi connectivity index (χ2v) is 7.97. The zero-order chi connectivity index (χ0) is 21.0. The van der Waals surface area contributed by atoms with E-state index in [1.165, 1.54) is 18.3 Å². The molecule has 0 radical (unpaired) electrons. The van der Waals surface area contributed by atoms with Gasteiger partial charge in [-0.1, -0.05) is 29.3 Å². The van der Waals surface area contributed by atoms with Crippen molar-refractivity contribution in [3.63, 3.8) is 0 Å². The molecule has 1 aromatic carbocycles. The van der Waals surface area contributed by atoms with Gasteiger partial charge in [-0.25, -0.2) is 9.97 Å². The van der Waals surface area contributed by atoms with Crippen LogP contribution in [-0.2, 0) is 4.79 Å². The smallest absolute Gasteiger partial charge is 0.261 e. The molecule has 3 aromatic rings. The van der Waals surface area contributed by atoms with Crippen LogP contribution in [0, 0.1) is 0 Å². The first kappa shape index (κ1) is 21.2. The average Bonchev–Trinajstić information content (AvgIpc) is 3.16. The number of benzene rings is 1. The van der Waals surface area contributed by atoms with Crippen LogP contribution in [0.5, 0.6) is 0 Å². The number of nitrogens with one attached hydrogen (secondary N) is 2. The molecule has 0 aliphatic carbocycles. The van der Waals surface area contributed by atoms with Crippen molar-refractivity contribution >= 4 is 52.3 Å². The summed E-state index contributed by atoms with van der Waals surface area (Å²) in [5.41, 5.74) is 7.13. The summed E-state index contributed by atoms with van der Waals surface area (Å²) in [6.07, 6.45) is 1.54. The van der Waals surface area contributed by atoms with E-state index in [9.17, 15) is 9.59 Å². The maximum Gasteiger partial charge on any atom is 0.261 e. The van der Waals surface area contributed by atoms with Crippen LogP contribution in [0.4, 0.5) is 5.95 Å². The highest BCUT2D eigenvalue weighted by molar-refractivity contribution is 7.17. The normalized spacial score (nSPS) is 11.7. The van der Waals surface area contributed by atoms with Crippen LogP contribution in [0.25, 0.3) is 10.6 Å². The lowest BCUT2D eigenvalue weighted by molar-refractivity contribution is -0.114. The predicted octanol–water partition coefficient (Wildman–Crippen LogP) is 3.90. The Morgan fingerprint density at radius 2 is 2.00 bits per heavy atom. The van der Waals surface area contributed by atoms with Gasteiger partial charge in [-0.2, -0.15) is 0 Å². The molecule has 1 atom stereocenters. The zero-order valence-electron chi connectivity index (χ0n) is 15.3. The third-order valence-corrected chi connectivity index (χ3v) is 5.57. The maximum atomic E-state index is 12.7. The van der Waals surface area contributed by atoms with Crippen molar-refractivity contribution in [1.29, 1.82) is 0 Å². The van der Waals surface area contributed by atoms with Crippen molar-refractivity contribution in [1.82, 2.24) is 15.3 Å². The highest BCUT2D eigenvalue weighted by Crippen LogP contribution is 2.29. The Kier molecular flexibility index (Phi) is 6.81. The number of carbonyl (C=O) groups is 2. The van der Waals surface area contributed by atoms with Gasteiger partial charge in [0.25, 0.3) is 5.91 Å². The molecule has 10 heteroatoms. The molecule has 7 nitrogen and oxygen atoms in total. The Labute approximate surface area is 181 Å². The zero-order valence-corrected chi connectivity index (χ0v) is 17.6. The number of aromatic nitrogens is 2. The van der Waals surface area contributed by atoms with Gasteiger partial charge in [0, 0.05) is 29.7 Å². The Bertz CT molecular complexity index is 1060. The van der Waals surface area contributed by atoms with Crippen molar-refractivity contribution in [3.8, 4) is 10.6 Å². The molecule has 3 rings (SSSR count). The molecule has 0 fully saturated rings. The second kappa shape index (κ2) is 9.32. The number of nitrogens with zero attached hydrogens (tertiary/aromatic N) is 2. The number of thiophene rings is 1. The minimum Gasteiger partial charge on any atom is -0.343 e. The Morgan fingerprint density at radius 3 is 2.69 bits per heavy atom. The highest BCUT2D eigenvalue weighted by atomic mass is 35.5. The van der Waals surface area contributed by atoms with Crippen LogP contribution < -0.4 is 16.4 Å². The van der Waals surface area contributed by atoms with Gasteiger partial charge in [-0.05, 0) is 35.9 Å². The van der Waals surface area contributed by atoms with Crippen LogP contribution in [-0.4, -0.2) is 28.3 Å². The van der Waals surface area contributed by atoms with E-state index in [0.29, 0.717) is 26.2 Å². The van der Waals surface area contributed by atoms with Crippen LogP contribution in [0.1, 0.15) is 28.2 Å². The van der Waals surface area contributed by atoms with E-state index in [1.807, 2.05) is 0 Å². The lowest BCUT2D eigenvalue weighted by atomic mass is 10.1. The molecule has 0 saturated carbocycles. The van der Waals surface area contributed by atoms with E-state index in [-0.39, 0.29) is 24.3 Å². The second-order valence-electron chi connectivity index (χ2n) is 6.04. The van der Waals surface area contributed by atoms with Gasteiger partial charge in [-0.3, -0.25) is 14.9 Å². The molecule has 150 valence electrons. The van der Waals surface area contributed by atoms with Crippen molar-refractivity contribution in [3.05, 3.63) is 63.1 Å². The largest absolute Gasteiger partial charge is 0.343 e. The molecule has 0 unspecified atom stereocenters. The van der Waals surface area contributed by atoms with Gasteiger partial charge >= 0.3 is 0 Å². The molecule has 2 aromatic heterocycles. The van der Waals surface area contributed by atoms with E-state index >= 15 is 0 Å². The predicted molar refractivity (Wildman–Crippen MR) is 115 cm³/mol. The Morgan fingerprint density at radius 1 is 1.21 bits per heavy atom. The number of carbonyl (C=O) groups excluding carboxylic acids is 2. The highest BCUT2D eigenvalue weighted by Gasteiger charge is 2.19. The van der Waals surface area contributed by atoms with Gasteiger partial charge in [-0.15, -0.1) is 11.3 Å². The fourth-order valence-corrected chi connectivity index (χ4v) is 4.01. The van der Waals surface area contributed by atoms with Crippen LogP contribution in [0.2, 0.25) is 10.0 Å². The Balaban J connectivity index is 1.77. The minimum absolute atomic E-state index is 0.178. The Hall–Kier alpha value is -2.52. The van der Waals surface area contributed by atoms with Crippen LogP contribution >= 0.6 is 34.5 Å². The summed E-state index contributed by atoms with van der Waals surface area (Å²) in [5, 5.41) is 6.37. The lowest BCUT2D eigenvalue weighted by Gasteiger charge is -2.18. The van der Waals surface area contributed by atoms with Gasteiger partial charge in [0.1, 0.15) is 0 Å². The molecule has 29 heavy (non-hydrogen) atoms. The SMILES string of the molecule is CC(=O)Nc1nccc(-c2ccc(C(=O)N[C@H](CN)c3ccc(Cl)cc3Cl)s2)n1. The van der Waals surface area contributed by atoms with E-state index in [4.69, 9.17) is 28.9 Å². The van der Waals surface area contributed by atoms with E-state index in [2.05, 4.69) is 20.6 Å². The molecule has 0 spiro atoms. The molecular weight excluding hydrogens is 433 g/mol. The summed E-state index contributed by atoms with van der Waals surface area (Å²) in [7, 11) is 0. The van der Waals surface area contributed by atoms with Crippen molar-refractivity contribution in [2.24, 2.45) is 5.73 Å². The van der Waals surface area contributed by atoms with Crippen LogP contribution in [0.3, 0.4) is 0 Å². The van der Waals surface area contributed by atoms with E-state index in [0.717, 1.165) is 4.88 Å². The van der Waals surface area contributed by atoms with Crippen LogP contribution in [0.15, 0.2) is 42.6 Å². The fourth-order valence-electron chi connectivity index (χ4n) is 2.59. The summed E-state index contributed by atoms with van der Waals surface area (Å²) in [6.45, 7) is 1.56. The van der Waals surface area contributed by atoms with E-state index in [1.54, 1.807) is 42.6 Å². The number of halogens is 2. The number of hydrogen-bond donors (Lipinski definition) is 3. The molecule has 2 amide bonds. The van der Waals surface area contributed by atoms with Gasteiger partial charge in [0.15, 0.2) is 0 Å². The summed E-state index contributed by atoms with van der Waals surface area (Å²) >= 11 is 13.4. The number of anilines is 1. The summed E-state index contributed by atoms with van der Waals surface area (Å²) in [4.78, 5) is 33.4. The molecule has 0 aliphatic rings. The van der Waals surface area contributed by atoms with Crippen molar-refractivity contribution in [2.45, 2.75) is 13.0 Å². The lowest BCUT2D eigenvalue weighted by Crippen LogP contribution is -2.33. The summed E-state index contributed by atoms with van der Waals surface area (Å²) in [5.74, 6) is -0.337. The van der Waals surface area contributed by atoms with E-state index < -0.39 is 6.04 Å². The maximum absolute atomic E-state index is 12.7. The molecule has 2 heterocycles. The topological polar surface area (TPSA) is 110 Å². The number of nitrogens with two attached hydrogens (primary N) is 1.